The first-order valence-electron chi connectivity index (χ1n) is 4.80. The van der Waals surface area contributed by atoms with Crippen LogP contribution in [0.25, 0.3) is 0 Å². The molecule has 0 aliphatic carbocycles. The third-order valence-corrected chi connectivity index (χ3v) is 2.96. The number of rotatable bonds is 2. The maximum atomic E-state index is 13.5. The summed E-state index contributed by atoms with van der Waals surface area (Å²) in [6.07, 6.45) is 0. The van der Waals surface area contributed by atoms with E-state index >= 15 is 0 Å². The molecule has 1 aromatic rings. The second kappa shape index (κ2) is 4.33. The predicted octanol–water partition coefficient (Wildman–Crippen LogP) is 3.42. The van der Waals surface area contributed by atoms with Gasteiger partial charge in [0.2, 0.25) is 0 Å². The highest BCUT2D eigenvalue weighted by Gasteiger charge is 2.28. The first-order chi connectivity index (χ1) is 7.46. The van der Waals surface area contributed by atoms with Crippen molar-refractivity contribution >= 4 is 28.6 Å². The van der Waals surface area contributed by atoms with Gasteiger partial charge in [0, 0.05) is 10.0 Å². The van der Waals surface area contributed by atoms with Crippen molar-refractivity contribution in [1.29, 1.82) is 0 Å². The lowest BCUT2D eigenvalue weighted by molar-refractivity contribution is 0.293. The zero-order chi connectivity index (χ0) is 11.8. The Kier molecular flexibility index (Phi) is 3.21. The monoisotopic (exact) mass is 303 g/mol. The molecule has 6 heteroatoms. The zero-order valence-corrected chi connectivity index (χ0v) is 11.2. The summed E-state index contributed by atoms with van der Waals surface area (Å²) in [6, 6.07) is 5.00. The smallest absolute Gasteiger partial charge is 0.142 e. The second-order valence-electron chi connectivity index (χ2n) is 3.96. The van der Waals surface area contributed by atoms with E-state index in [1.54, 1.807) is 11.1 Å². The Morgan fingerprint density at radius 1 is 1.62 bits per heavy atom. The minimum atomic E-state index is -0.466. The molecular formula is C10H11BrFN3S. The van der Waals surface area contributed by atoms with Crippen molar-refractivity contribution in [1.82, 2.24) is 5.01 Å². The third-order valence-electron chi connectivity index (χ3n) is 2.24. The van der Waals surface area contributed by atoms with Crippen molar-refractivity contribution in [2.24, 2.45) is 10.3 Å². The first-order valence-corrected chi connectivity index (χ1v) is 6.04. The second-order valence-corrected chi connectivity index (χ2v) is 5.84. The van der Waals surface area contributed by atoms with Crippen molar-refractivity contribution in [3.8, 4) is 0 Å². The van der Waals surface area contributed by atoms with Gasteiger partial charge in [0.15, 0.2) is 0 Å². The minimum Gasteiger partial charge on any atom is -0.271 e. The Balaban J connectivity index is 2.08. The van der Waals surface area contributed by atoms with Gasteiger partial charge >= 0.3 is 0 Å². The Morgan fingerprint density at radius 3 is 2.94 bits per heavy atom. The highest BCUT2D eigenvalue weighted by atomic mass is 79.9. The normalized spacial score (nSPS) is 24.1. The van der Waals surface area contributed by atoms with E-state index in [0.29, 0.717) is 18.7 Å². The van der Waals surface area contributed by atoms with Crippen LogP contribution < -0.4 is 0 Å². The summed E-state index contributed by atoms with van der Waals surface area (Å²) in [5.41, 5.74) is 0.605. The SMILES string of the molecule is C[C@]1(S)CN(Cc2ccc(Br)cc2F)N=N1. The van der Waals surface area contributed by atoms with Crippen molar-refractivity contribution in [2.45, 2.75) is 18.3 Å². The fraction of sp³-hybridized carbons (Fsp3) is 0.400. The maximum Gasteiger partial charge on any atom is 0.142 e. The largest absolute Gasteiger partial charge is 0.271 e. The molecule has 0 fully saturated rings. The number of nitrogens with zero attached hydrogens (tertiary/aromatic N) is 3. The quantitative estimate of drug-likeness (QED) is 0.833. The van der Waals surface area contributed by atoms with Crippen LogP contribution in [0.1, 0.15) is 12.5 Å². The van der Waals surface area contributed by atoms with E-state index in [9.17, 15) is 4.39 Å². The Labute approximate surface area is 107 Å². The van der Waals surface area contributed by atoms with Gasteiger partial charge in [0.1, 0.15) is 10.7 Å². The van der Waals surface area contributed by atoms with Gasteiger partial charge in [0.25, 0.3) is 0 Å². The zero-order valence-electron chi connectivity index (χ0n) is 8.69. The van der Waals surface area contributed by atoms with Crippen LogP contribution in [0.4, 0.5) is 4.39 Å². The van der Waals surface area contributed by atoms with Crippen molar-refractivity contribution in [2.75, 3.05) is 6.54 Å². The third kappa shape index (κ3) is 2.74. The molecule has 1 heterocycles. The number of hydrogen-bond acceptors (Lipinski definition) is 4. The Hall–Kier alpha value is -0.620. The molecule has 0 N–H and O–H groups in total. The van der Waals surface area contributed by atoms with Crippen LogP contribution in [0.3, 0.4) is 0 Å². The number of thiol groups is 1. The molecule has 0 unspecified atom stereocenters. The van der Waals surface area contributed by atoms with Crippen molar-refractivity contribution in [3.63, 3.8) is 0 Å². The van der Waals surface area contributed by atoms with Crippen LogP contribution in [0.5, 0.6) is 0 Å². The highest BCUT2D eigenvalue weighted by Crippen LogP contribution is 2.26. The van der Waals surface area contributed by atoms with Gasteiger partial charge in [-0.2, -0.15) is 5.11 Å². The van der Waals surface area contributed by atoms with Crippen molar-refractivity contribution < 1.29 is 4.39 Å². The number of halogens is 2. The topological polar surface area (TPSA) is 28.0 Å². The molecule has 0 bridgehead atoms. The van der Waals surface area contributed by atoms with Gasteiger partial charge in [-0.1, -0.05) is 27.2 Å². The molecule has 0 aromatic heterocycles. The highest BCUT2D eigenvalue weighted by molar-refractivity contribution is 9.10. The van der Waals surface area contributed by atoms with Gasteiger partial charge in [-0.15, -0.1) is 12.6 Å². The van der Waals surface area contributed by atoms with Gasteiger partial charge in [-0.05, 0) is 19.1 Å². The standard InChI is InChI=1S/C10H11BrFN3S/c1-10(16)6-15(14-13-10)5-7-2-3-8(11)4-9(7)12/h2-4,16H,5-6H2,1H3/t10-/m0/s1. The minimum absolute atomic E-state index is 0.239. The average Bonchev–Trinajstić information content (AvgIpc) is 2.51. The Morgan fingerprint density at radius 2 is 2.38 bits per heavy atom. The molecule has 3 nitrogen and oxygen atoms in total. The molecule has 0 spiro atoms. The van der Waals surface area contributed by atoms with E-state index in [4.69, 9.17) is 0 Å². The Bertz CT molecular complexity index is 436. The molecule has 86 valence electrons. The first kappa shape index (κ1) is 11.9. The molecule has 1 aliphatic rings. The van der Waals surface area contributed by atoms with Crippen LogP contribution >= 0.6 is 28.6 Å². The van der Waals surface area contributed by atoms with Gasteiger partial charge in [0.05, 0.1) is 13.1 Å². The summed E-state index contributed by atoms with van der Waals surface area (Å²) in [6.45, 7) is 2.88. The molecule has 0 saturated carbocycles. The molecule has 1 atom stereocenters. The molecular weight excluding hydrogens is 293 g/mol. The molecule has 0 saturated heterocycles. The molecule has 16 heavy (non-hydrogen) atoms. The molecule has 0 amide bonds. The van der Waals surface area contributed by atoms with E-state index < -0.39 is 4.87 Å². The summed E-state index contributed by atoms with van der Waals surface area (Å²) < 4.78 is 14.3. The van der Waals surface area contributed by atoms with Crippen LogP contribution in [-0.4, -0.2) is 16.4 Å². The van der Waals surface area contributed by atoms with E-state index in [1.807, 2.05) is 13.0 Å². The van der Waals surface area contributed by atoms with Gasteiger partial charge in [-0.25, -0.2) is 4.39 Å². The van der Waals surface area contributed by atoms with Crippen molar-refractivity contribution in [3.05, 3.63) is 34.1 Å². The van der Waals surface area contributed by atoms with Crippen LogP contribution in [0.2, 0.25) is 0 Å². The molecule has 0 radical (unpaired) electrons. The van der Waals surface area contributed by atoms with Crippen LogP contribution in [0, 0.1) is 5.82 Å². The summed E-state index contributed by atoms with van der Waals surface area (Å²) >= 11 is 7.53. The summed E-state index contributed by atoms with van der Waals surface area (Å²) in [5.74, 6) is -0.239. The van der Waals surface area contributed by atoms with Gasteiger partial charge in [-0.3, -0.25) is 5.01 Å². The van der Waals surface area contributed by atoms with E-state index in [1.165, 1.54) is 6.07 Å². The summed E-state index contributed by atoms with van der Waals surface area (Å²) in [4.78, 5) is -0.466. The van der Waals surface area contributed by atoms with Gasteiger partial charge < -0.3 is 0 Å². The van der Waals surface area contributed by atoms with E-state index in [0.717, 1.165) is 4.47 Å². The molecule has 1 aromatic carbocycles. The fourth-order valence-corrected chi connectivity index (χ4v) is 2.04. The molecule has 2 rings (SSSR count). The van der Waals surface area contributed by atoms with E-state index in [2.05, 4.69) is 38.9 Å². The molecule has 1 aliphatic heterocycles. The predicted molar refractivity (Wildman–Crippen MR) is 66.8 cm³/mol. The average molecular weight is 304 g/mol. The van der Waals surface area contributed by atoms with Crippen LogP contribution in [-0.2, 0) is 6.54 Å². The number of hydrogen-bond donors (Lipinski definition) is 1. The van der Waals surface area contributed by atoms with Crippen LogP contribution in [0.15, 0.2) is 33.0 Å². The maximum absolute atomic E-state index is 13.5. The lowest BCUT2D eigenvalue weighted by Gasteiger charge is -2.16. The lowest BCUT2D eigenvalue weighted by atomic mass is 10.2. The number of benzene rings is 1. The summed E-state index contributed by atoms with van der Waals surface area (Å²) in [5, 5.41) is 9.63. The summed E-state index contributed by atoms with van der Waals surface area (Å²) in [7, 11) is 0. The fourth-order valence-electron chi connectivity index (χ4n) is 1.50. The van der Waals surface area contributed by atoms with E-state index in [-0.39, 0.29) is 5.82 Å². The lowest BCUT2D eigenvalue weighted by Crippen LogP contribution is -2.25.